The molecule has 130 valence electrons. The van der Waals surface area contributed by atoms with Gasteiger partial charge in [-0.15, -0.1) is 0 Å². The lowest BCUT2D eigenvalue weighted by atomic mass is 9.87. The molecule has 4 unspecified atom stereocenters. The molecule has 5 heteroatoms. The molecule has 0 aromatic heterocycles. The summed E-state index contributed by atoms with van der Waals surface area (Å²) in [5.41, 5.74) is 8.49. The van der Waals surface area contributed by atoms with Gasteiger partial charge in [-0.3, -0.25) is 10.3 Å². The second-order valence-electron chi connectivity index (χ2n) is 6.58. The summed E-state index contributed by atoms with van der Waals surface area (Å²) in [6.07, 6.45) is 5.86. The van der Waals surface area contributed by atoms with Gasteiger partial charge in [-0.05, 0) is 61.4 Å². The number of rotatable bonds is 8. The maximum Gasteiger partial charge on any atom is 0.151 e. The van der Waals surface area contributed by atoms with Gasteiger partial charge in [-0.1, -0.05) is 19.1 Å². The number of aliphatic imine (C=N–C) groups is 1. The molecule has 1 aliphatic rings. The normalized spacial score (nSPS) is 20.5. The molecule has 1 heterocycles. The Hall–Kier alpha value is -1.85. The van der Waals surface area contributed by atoms with E-state index in [1.807, 2.05) is 25.3 Å². The molecule has 1 aromatic rings. The summed E-state index contributed by atoms with van der Waals surface area (Å²) in [4.78, 5) is 15.1. The van der Waals surface area contributed by atoms with Crippen LogP contribution in [0.5, 0.6) is 0 Å². The van der Waals surface area contributed by atoms with Gasteiger partial charge in [-0.25, -0.2) is 4.39 Å². The second kappa shape index (κ2) is 8.31. The van der Waals surface area contributed by atoms with E-state index in [4.69, 9.17) is 5.73 Å². The monoisotopic (exact) mass is 331 g/mol. The molecule has 0 saturated heterocycles. The first-order chi connectivity index (χ1) is 11.4. The first-order valence-electron chi connectivity index (χ1n) is 8.38. The number of allylic oxidation sites excluding steroid dienone is 1. The van der Waals surface area contributed by atoms with E-state index in [1.54, 1.807) is 6.92 Å². The number of nitrogens with zero attached hydrogens (tertiary/aromatic N) is 1. The van der Waals surface area contributed by atoms with Crippen LogP contribution < -0.4 is 11.1 Å². The van der Waals surface area contributed by atoms with E-state index < -0.39 is 6.17 Å². The highest BCUT2D eigenvalue weighted by Crippen LogP contribution is 2.36. The van der Waals surface area contributed by atoms with Crippen molar-refractivity contribution in [1.29, 1.82) is 0 Å². The third-order valence-electron chi connectivity index (χ3n) is 4.54. The van der Waals surface area contributed by atoms with Crippen LogP contribution in [0, 0.1) is 18.7 Å². The van der Waals surface area contributed by atoms with Gasteiger partial charge in [0, 0.05) is 12.3 Å². The van der Waals surface area contributed by atoms with Crippen molar-refractivity contribution in [3.63, 3.8) is 0 Å². The lowest BCUT2D eigenvalue weighted by molar-refractivity contribution is -0.109. The maximum atomic E-state index is 13.5. The van der Waals surface area contributed by atoms with E-state index in [0.29, 0.717) is 17.8 Å². The van der Waals surface area contributed by atoms with Crippen LogP contribution in [0.2, 0.25) is 0 Å². The molecule has 3 N–H and O–H groups in total. The number of hydrogen-bond acceptors (Lipinski definition) is 4. The first-order valence-corrected chi connectivity index (χ1v) is 8.38. The number of benzene rings is 1. The average molecular weight is 331 g/mol. The number of carbonyl (C=O) groups excluding carboxylic acids is 1. The van der Waals surface area contributed by atoms with Crippen molar-refractivity contribution in [2.24, 2.45) is 16.6 Å². The summed E-state index contributed by atoms with van der Waals surface area (Å²) in [6.45, 7) is 5.97. The van der Waals surface area contributed by atoms with Crippen molar-refractivity contribution in [2.75, 3.05) is 0 Å². The highest BCUT2D eigenvalue weighted by molar-refractivity contribution is 5.76. The Labute approximate surface area is 143 Å². The minimum absolute atomic E-state index is 0.0280. The quantitative estimate of drug-likeness (QED) is 0.568. The van der Waals surface area contributed by atoms with Gasteiger partial charge in [0.2, 0.25) is 0 Å². The highest BCUT2D eigenvalue weighted by atomic mass is 19.1. The van der Waals surface area contributed by atoms with Gasteiger partial charge < -0.3 is 10.5 Å². The van der Waals surface area contributed by atoms with Crippen LogP contribution >= 0.6 is 0 Å². The van der Waals surface area contributed by atoms with Gasteiger partial charge in [0.15, 0.2) is 6.29 Å². The Morgan fingerprint density at radius 1 is 1.38 bits per heavy atom. The third-order valence-corrected chi connectivity index (χ3v) is 4.54. The number of halogens is 1. The van der Waals surface area contributed by atoms with Crippen molar-refractivity contribution in [1.82, 2.24) is 5.32 Å². The number of aryl methyl sites for hydroxylation is 1. The molecule has 0 aliphatic carbocycles. The molecule has 0 bridgehead atoms. The van der Waals surface area contributed by atoms with Crippen molar-refractivity contribution < 1.29 is 9.18 Å². The van der Waals surface area contributed by atoms with Crippen molar-refractivity contribution in [2.45, 2.75) is 51.9 Å². The molecule has 4 atom stereocenters. The average Bonchev–Trinajstić information content (AvgIpc) is 3.04. The van der Waals surface area contributed by atoms with Crippen LogP contribution in [0.25, 0.3) is 0 Å². The summed E-state index contributed by atoms with van der Waals surface area (Å²) in [6, 6.07) is 5.33. The summed E-state index contributed by atoms with van der Waals surface area (Å²) in [5.74, 6) is 0.158. The molecule has 1 aliphatic heterocycles. The Morgan fingerprint density at radius 3 is 2.79 bits per heavy atom. The predicted octanol–water partition coefficient (Wildman–Crippen LogP) is 3.06. The molecule has 4 nitrogen and oxygen atoms in total. The molecule has 0 saturated carbocycles. The third kappa shape index (κ3) is 4.58. The lowest BCUT2D eigenvalue weighted by Crippen LogP contribution is -2.44. The van der Waals surface area contributed by atoms with E-state index in [1.165, 1.54) is 11.6 Å². The van der Waals surface area contributed by atoms with Gasteiger partial charge in [0.25, 0.3) is 0 Å². The van der Waals surface area contributed by atoms with E-state index in [2.05, 4.69) is 23.3 Å². The van der Waals surface area contributed by atoms with Crippen LogP contribution in [0.15, 0.2) is 34.8 Å². The minimum atomic E-state index is -0.612. The zero-order chi connectivity index (χ0) is 17.7. The molecule has 0 amide bonds. The van der Waals surface area contributed by atoms with Crippen LogP contribution in [-0.2, 0) is 4.79 Å². The Bertz CT molecular complexity index is 641. The van der Waals surface area contributed by atoms with E-state index >= 15 is 0 Å². The number of nitrogens with two attached hydrogens (primary N) is 1. The van der Waals surface area contributed by atoms with Crippen molar-refractivity contribution in [3.05, 3.63) is 46.8 Å². The zero-order valence-corrected chi connectivity index (χ0v) is 14.5. The number of carbonyl (C=O) groups is 1. The molecule has 0 fully saturated rings. The lowest BCUT2D eigenvalue weighted by Gasteiger charge is -2.22. The Morgan fingerprint density at radius 2 is 2.12 bits per heavy atom. The molecular formula is C19H26FN3O. The predicted molar refractivity (Wildman–Crippen MR) is 95.5 cm³/mol. The summed E-state index contributed by atoms with van der Waals surface area (Å²) >= 11 is 0. The number of aldehydes is 1. The van der Waals surface area contributed by atoms with Crippen LogP contribution in [0.1, 0.15) is 43.9 Å². The Kier molecular flexibility index (Phi) is 6.40. The van der Waals surface area contributed by atoms with Gasteiger partial charge in [-0.2, -0.15) is 0 Å². The smallest absolute Gasteiger partial charge is 0.151 e. The number of hydrogen-bond donors (Lipinski definition) is 2. The molecule has 0 spiro atoms. The van der Waals surface area contributed by atoms with E-state index in [-0.39, 0.29) is 17.9 Å². The summed E-state index contributed by atoms with van der Waals surface area (Å²) in [7, 11) is 0. The molecule has 0 radical (unpaired) electrons. The SMILES string of the molecule is Cc1cc(C2N=CC=C2C(C)CCC(C)NC(N)C=O)ccc1F. The number of nitrogens with one attached hydrogen (secondary N) is 1. The fraction of sp³-hybridized carbons (Fsp3) is 0.474. The summed E-state index contributed by atoms with van der Waals surface area (Å²) < 4.78 is 13.5. The van der Waals surface area contributed by atoms with E-state index in [0.717, 1.165) is 18.4 Å². The largest absolute Gasteiger partial charge is 0.310 e. The van der Waals surface area contributed by atoms with Crippen LogP contribution in [0.4, 0.5) is 4.39 Å². The molecular weight excluding hydrogens is 305 g/mol. The first kappa shape index (κ1) is 18.5. The van der Waals surface area contributed by atoms with Gasteiger partial charge in [0.05, 0.1) is 6.04 Å². The topological polar surface area (TPSA) is 67.5 Å². The van der Waals surface area contributed by atoms with Crippen LogP contribution in [0.3, 0.4) is 0 Å². The Balaban J connectivity index is 1.97. The standard InChI is InChI=1S/C19H26FN3O/c1-12(4-5-14(3)23-18(21)11-24)16-8-9-22-19(16)15-6-7-17(20)13(2)10-15/h6-12,14,18-19,23H,4-5,21H2,1-3H3. The molecule has 24 heavy (non-hydrogen) atoms. The van der Waals surface area contributed by atoms with Crippen LogP contribution in [-0.4, -0.2) is 24.7 Å². The highest BCUT2D eigenvalue weighted by Gasteiger charge is 2.24. The van der Waals surface area contributed by atoms with Gasteiger partial charge >= 0.3 is 0 Å². The molecule has 1 aromatic carbocycles. The zero-order valence-electron chi connectivity index (χ0n) is 14.5. The van der Waals surface area contributed by atoms with Crippen molar-refractivity contribution >= 4 is 12.5 Å². The van der Waals surface area contributed by atoms with Gasteiger partial charge in [0.1, 0.15) is 12.0 Å². The minimum Gasteiger partial charge on any atom is -0.310 e. The van der Waals surface area contributed by atoms with Crippen molar-refractivity contribution in [3.8, 4) is 0 Å². The molecule has 2 rings (SSSR count). The fourth-order valence-electron chi connectivity index (χ4n) is 3.06. The second-order valence-corrected chi connectivity index (χ2v) is 6.58. The maximum absolute atomic E-state index is 13.5. The summed E-state index contributed by atoms with van der Waals surface area (Å²) in [5, 5.41) is 3.05. The fourth-order valence-corrected chi connectivity index (χ4v) is 3.06. The van der Waals surface area contributed by atoms with E-state index in [9.17, 15) is 9.18 Å².